The normalized spacial score (nSPS) is 16.2. The Balaban J connectivity index is 1.76. The number of fused-ring (bicyclic) bond motifs is 1. The van der Waals surface area contributed by atoms with Crippen LogP contribution in [0.15, 0.2) is 48.5 Å². The highest BCUT2D eigenvalue weighted by atomic mass is 32.1. The van der Waals surface area contributed by atoms with Crippen LogP contribution in [0, 0.1) is 5.82 Å². The molecule has 0 aliphatic carbocycles. The van der Waals surface area contributed by atoms with Crippen molar-refractivity contribution < 1.29 is 13.9 Å². The number of hydrogen-bond donors (Lipinski definition) is 1. The third-order valence-corrected chi connectivity index (χ3v) is 5.28. The zero-order chi connectivity index (χ0) is 17.4. The minimum Gasteiger partial charge on any atom is -0.497 e. The van der Waals surface area contributed by atoms with Crippen molar-refractivity contribution in [3.8, 4) is 17.0 Å². The van der Waals surface area contributed by atoms with E-state index in [4.69, 9.17) is 4.74 Å². The molecule has 25 heavy (non-hydrogen) atoms. The van der Waals surface area contributed by atoms with E-state index in [1.807, 2.05) is 24.3 Å². The molecule has 0 saturated carbocycles. The Hall–Kier alpha value is -2.73. The van der Waals surface area contributed by atoms with E-state index < -0.39 is 0 Å². The Morgan fingerprint density at radius 3 is 2.56 bits per heavy atom. The second-order valence-corrected chi connectivity index (χ2v) is 6.66. The van der Waals surface area contributed by atoms with Gasteiger partial charge in [0.1, 0.15) is 17.3 Å². The number of carbonyl (C=O) groups excluding carboxylic acids is 1. The van der Waals surface area contributed by atoms with Gasteiger partial charge in [0.2, 0.25) is 5.91 Å². The van der Waals surface area contributed by atoms with Crippen molar-refractivity contribution in [3.05, 3.63) is 64.8 Å². The van der Waals surface area contributed by atoms with E-state index in [1.54, 1.807) is 19.2 Å². The van der Waals surface area contributed by atoms with E-state index >= 15 is 0 Å². The minimum atomic E-state index is -0.298. The van der Waals surface area contributed by atoms with E-state index in [-0.39, 0.29) is 17.6 Å². The first kappa shape index (κ1) is 15.8. The summed E-state index contributed by atoms with van der Waals surface area (Å²) in [7, 11) is 1.62. The Labute approximate surface area is 148 Å². The summed E-state index contributed by atoms with van der Waals surface area (Å²) in [6, 6.07) is 13.9. The van der Waals surface area contributed by atoms with Crippen molar-refractivity contribution >= 4 is 23.1 Å². The number of anilines is 1. The molecule has 1 aliphatic heterocycles. The maximum atomic E-state index is 13.2. The summed E-state index contributed by atoms with van der Waals surface area (Å²) >= 11 is 1.38. The number of amides is 1. The molecule has 1 aromatic heterocycles. The number of nitrogens with one attached hydrogen (secondary N) is 1. The number of carbonyl (C=O) groups is 1. The fraction of sp³-hybridized carbons (Fsp3) is 0.158. The molecule has 126 valence electrons. The summed E-state index contributed by atoms with van der Waals surface area (Å²) in [5.74, 6) is 0.395. The van der Waals surface area contributed by atoms with Crippen LogP contribution in [0.5, 0.6) is 5.75 Å². The van der Waals surface area contributed by atoms with Crippen LogP contribution in [0.25, 0.3) is 11.3 Å². The minimum absolute atomic E-state index is 0.0404. The van der Waals surface area contributed by atoms with E-state index in [0.717, 1.165) is 27.4 Å². The molecule has 1 N–H and O–H groups in total. The Bertz CT molecular complexity index is 920. The molecule has 0 fully saturated rings. The smallest absolute Gasteiger partial charge is 0.225 e. The number of ether oxygens (including phenoxy) is 1. The fourth-order valence-electron chi connectivity index (χ4n) is 3.04. The number of benzene rings is 2. The number of methoxy groups -OCH3 is 1. The lowest BCUT2D eigenvalue weighted by Gasteiger charge is -2.23. The molecule has 1 aliphatic rings. The highest BCUT2D eigenvalue weighted by Gasteiger charge is 2.31. The van der Waals surface area contributed by atoms with Crippen molar-refractivity contribution in [1.82, 2.24) is 4.37 Å². The van der Waals surface area contributed by atoms with Crippen LogP contribution in [-0.2, 0) is 4.79 Å². The van der Waals surface area contributed by atoms with Gasteiger partial charge in [0.15, 0.2) is 0 Å². The van der Waals surface area contributed by atoms with E-state index in [1.165, 1.54) is 23.7 Å². The van der Waals surface area contributed by atoms with Crippen LogP contribution in [0.2, 0.25) is 0 Å². The predicted molar refractivity (Wildman–Crippen MR) is 95.6 cm³/mol. The molecule has 1 amide bonds. The molecule has 3 aromatic rings. The first-order valence-corrected chi connectivity index (χ1v) is 8.62. The van der Waals surface area contributed by atoms with E-state index in [9.17, 15) is 9.18 Å². The third kappa shape index (κ3) is 2.89. The number of hydrogen-bond acceptors (Lipinski definition) is 4. The van der Waals surface area contributed by atoms with Crippen LogP contribution in [-0.4, -0.2) is 17.4 Å². The maximum Gasteiger partial charge on any atom is 0.225 e. The topological polar surface area (TPSA) is 51.2 Å². The van der Waals surface area contributed by atoms with Crippen LogP contribution >= 0.6 is 11.5 Å². The number of halogens is 1. The predicted octanol–water partition coefficient (Wildman–Crippen LogP) is 4.43. The quantitative estimate of drug-likeness (QED) is 0.757. The lowest BCUT2D eigenvalue weighted by atomic mass is 9.89. The van der Waals surface area contributed by atoms with Crippen LogP contribution in [0.3, 0.4) is 0 Å². The molecule has 2 aromatic carbocycles. The standard InChI is InChI=1S/C19H15FN2O2S/c1-24-14-8-4-11(5-9-14)15-10-16(23)21-18-17(22-25-19(15)18)12-2-6-13(20)7-3-12/h2-9,15H,10H2,1H3,(H,21,23)/t15-/m0/s1. The van der Waals surface area contributed by atoms with Gasteiger partial charge < -0.3 is 10.1 Å². The molecular formula is C19H15FN2O2S. The first-order chi connectivity index (χ1) is 12.2. The van der Waals surface area contributed by atoms with Gasteiger partial charge in [0, 0.05) is 17.9 Å². The summed E-state index contributed by atoms with van der Waals surface area (Å²) in [4.78, 5) is 13.3. The van der Waals surface area contributed by atoms with Gasteiger partial charge in [-0.3, -0.25) is 4.79 Å². The second kappa shape index (κ2) is 6.29. The Morgan fingerprint density at radius 1 is 1.16 bits per heavy atom. The van der Waals surface area contributed by atoms with Gasteiger partial charge in [-0.05, 0) is 53.5 Å². The lowest BCUT2D eigenvalue weighted by molar-refractivity contribution is -0.116. The molecule has 0 unspecified atom stereocenters. The summed E-state index contributed by atoms with van der Waals surface area (Å²) < 4.78 is 22.9. The van der Waals surface area contributed by atoms with Gasteiger partial charge in [0.25, 0.3) is 0 Å². The summed E-state index contributed by atoms with van der Waals surface area (Å²) in [5.41, 5.74) is 3.25. The molecule has 4 nitrogen and oxygen atoms in total. The van der Waals surface area contributed by atoms with Crippen molar-refractivity contribution in [2.75, 3.05) is 12.4 Å². The summed E-state index contributed by atoms with van der Waals surface area (Å²) in [5, 5.41) is 2.93. The SMILES string of the molecule is COc1ccc([C@@H]2CC(=O)Nc3c(-c4ccc(F)cc4)nsc32)cc1. The fourth-order valence-corrected chi connectivity index (χ4v) is 4.01. The molecule has 6 heteroatoms. The van der Waals surface area contributed by atoms with Gasteiger partial charge in [-0.2, -0.15) is 4.37 Å². The Morgan fingerprint density at radius 2 is 1.88 bits per heavy atom. The summed E-state index contributed by atoms with van der Waals surface area (Å²) in [6.07, 6.45) is 0.379. The monoisotopic (exact) mass is 354 g/mol. The van der Waals surface area contributed by atoms with E-state index in [2.05, 4.69) is 9.69 Å². The van der Waals surface area contributed by atoms with Gasteiger partial charge in [-0.1, -0.05) is 12.1 Å². The Kier molecular flexibility index (Phi) is 3.97. The van der Waals surface area contributed by atoms with Gasteiger partial charge in [-0.25, -0.2) is 4.39 Å². The lowest BCUT2D eigenvalue weighted by Crippen LogP contribution is -2.22. The number of nitrogens with zero attached hydrogens (tertiary/aromatic N) is 1. The molecule has 0 spiro atoms. The molecule has 2 heterocycles. The van der Waals surface area contributed by atoms with Crippen molar-refractivity contribution in [2.24, 2.45) is 0 Å². The van der Waals surface area contributed by atoms with Crippen LogP contribution in [0.1, 0.15) is 22.8 Å². The van der Waals surface area contributed by atoms with Crippen LogP contribution < -0.4 is 10.1 Å². The third-order valence-electron chi connectivity index (χ3n) is 4.32. The number of rotatable bonds is 3. The van der Waals surface area contributed by atoms with Crippen molar-refractivity contribution in [1.29, 1.82) is 0 Å². The summed E-state index contributed by atoms with van der Waals surface area (Å²) in [6.45, 7) is 0. The zero-order valence-corrected chi connectivity index (χ0v) is 14.3. The highest BCUT2D eigenvalue weighted by molar-refractivity contribution is 7.07. The highest BCUT2D eigenvalue weighted by Crippen LogP contribution is 2.44. The molecule has 0 bridgehead atoms. The zero-order valence-electron chi connectivity index (χ0n) is 13.5. The largest absolute Gasteiger partial charge is 0.497 e. The average Bonchev–Trinajstić information content (AvgIpc) is 3.05. The van der Waals surface area contributed by atoms with Gasteiger partial charge in [-0.15, -0.1) is 0 Å². The maximum absolute atomic E-state index is 13.2. The molecule has 0 saturated heterocycles. The molecule has 1 atom stereocenters. The average molecular weight is 354 g/mol. The van der Waals surface area contributed by atoms with Crippen molar-refractivity contribution in [2.45, 2.75) is 12.3 Å². The number of aromatic nitrogens is 1. The molecular weight excluding hydrogens is 339 g/mol. The van der Waals surface area contributed by atoms with Gasteiger partial charge >= 0.3 is 0 Å². The first-order valence-electron chi connectivity index (χ1n) is 7.85. The second-order valence-electron chi connectivity index (χ2n) is 5.86. The van der Waals surface area contributed by atoms with Crippen molar-refractivity contribution in [3.63, 3.8) is 0 Å². The molecule has 4 rings (SSSR count). The van der Waals surface area contributed by atoms with Crippen LogP contribution in [0.4, 0.5) is 10.1 Å². The molecule has 0 radical (unpaired) electrons. The van der Waals surface area contributed by atoms with E-state index in [0.29, 0.717) is 12.1 Å². The van der Waals surface area contributed by atoms with Gasteiger partial charge in [0.05, 0.1) is 17.7 Å².